The van der Waals surface area contributed by atoms with Crippen LogP contribution in [-0.2, 0) is 16.2 Å². The molecule has 0 fully saturated rings. The summed E-state index contributed by atoms with van der Waals surface area (Å²) in [6, 6.07) is 9.68. The fourth-order valence-corrected chi connectivity index (χ4v) is 3.99. The van der Waals surface area contributed by atoms with E-state index in [-0.39, 0.29) is 38.6 Å². The number of benzene rings is 1. The zero-order chi connectivity index (χ0) is 24.7. The molecule has 176 valence electrons. The van der Waals surface area contributed by atoms with Crippen molar-refractivity contribution in [1.29, 1.82) is 0 Å². The number of alkyl halides is 3. The lowest BCUT2D eigenvalue weighted by Gasteiger charge is -2.09. The lowest BCUT2D eigenvalue weighted by atomic mass is 10.3. The van der Waals surface area contributed by atoms with E-state index in [1.54, 1.807) is 0 Å². The van der Waals surface area contributed by atoms with Crippen LogP contribution in [0.4, 0.5) is 24.7 Å². The van der Waals surface area contributed by atoms with Crippen LogP contribution in [0.3, 0.4) is 0 Å². The van der Waals surface area contributed by atoms with Gasteiger partial charge >= 0.3 is 6.18 Å². The summed E-state index contributed by atoms with van der Waals surface area (Å²) in [6.07, 6.45) is -4.70. The fourth-order valence-electron chi connectivity index (χ4n) is 2.89. The number of fused-ring (bicyclic) bond motifs is 1. The number of hydrogen-bond acceptors (Lipinski definition) is 7. The van der Waals surface area contributed by atoms with Crippen LogP contribution < -0.4 is 10.0 Å². The second-order valence-electron chi connectivity index (χ2n) is 6.91. The van der Waals surface area contributed by atoms with E-state index in [4.69, 9.17) is 11.6 Å². The first-order valence-electron chi connectivity index (χ1n) is 9.30. The van der Waals surface area contributed by atoms with Gasteiger partial charge in [-0.05, 0) is 49.4 Å². The maximum Gasteiger partial charge on any atom is 0.433 e. The van der Waals surface area contributed by atoms with E-state index in [2.05, 4.69) is 30.3 Å². The maximum atomic E-state index is 13.3. The van der Waals surface area contributed by atoms with Gasteiger partial charge in [0.05, 0.1) is 4.90 Å². The van der Waals surface area contributed by atoms with E-state index in [9.17, 15) is 26.4 Å². The van der Waals surface area contributed by atoms with Gasteiger partial charge in [0.2, 0.25) is 0 Å². The lowest BCUT2D eigenvalue weighted by Crippen LogP contribution is -2.16. The van der Waals surface area contributed by atoms with Crippen LogP contribution in [0.25, 0.3) is 5.65 Å². The minimum Gasteiger partial charge on any atom is -0.321 e. The van der Waals surface area contributed by atoms with Crippen molar-refractivity contribution in [3.63, 3.8) is 0 Å². The second-order valence-corrected chi connectivity index (χ2v) is 8.98. The molecule has 4 aromatic rings. The highest BCUT2D eigenvalue weighted by molar-refractivity contribution is 7.92. The van der Waals surface area contributed by atoms with Crippen molar-refractivity contribution < 1.29 is 26.4 Å². The third-order valence-electron chi connectivity index (χ3n) is 4.37. The Morgan fingerprint density at radius 3 is 2.38 bits per heavy atom. The summed E-state index contributed by atoms with van der Waals surface area (Å²) in [5.41, 5.74) is -1.21. The van der Waals surface area contributed by atoms with Gasteiger partial charge in [0.1, 0.15) is 5.69 Å². The van der Waals surface area contributed by atoms with Gasteiger partial charge in [-0.1, -0.05) is 11.6 Å². The van der Waals surface area contributed by atoms with Crippen molar-refractivity contribution in [1.82, 2.24) is 24.8 Å². The summed E-state index contributed by atoms with van der Waals surface area (Å²) in [4.78, 5) is 16.4. The number of sulfonamides is 1. The lowest BCUT2D eigenvalue weighted by molar-refractivity contribution is -0.142. The molecule has 3 aromatic heterocycles. The summed E-state index contributed by atoms with van der Waals surface area (Å²) in [6.45, 7) is 1.39. The van der Waals surface area contributed by atoms with Crippen LogP contribution >= 0.6 is 11.6 Å². The molecular formula is C19H13ClF3N7O3S. The first kappa shape index (κ1) is 23.4. The molecule has 0 aliphatic carbocycles. The summed E-state index contributed by atoms with van der Waals surface area (Å²) < 4.78 is 67.6. The molecule has 0 saturated carbocycles. The first-order chi connectivity index (χ1) is 15.9. The van der Waals surface area contributed by atoms with E-state index in [1.165, 1.54) is 43.3 Å². The third-order valence-corrected chi connectivity index (χ3v) is 5.94. The van der Waals surface area contributed by atoms with Crippen LogP contribution in [0.15, 0.2) is 53.4 Å². The van der Waals surface area contributed by atoms with Crippen LogP contribution in [0, 0.1) is 6.92 Å². The summed E-state index contributed by atoms with van der Waals surface area (Å²) >= 11 is 5.62. The van der Waals surface area contributed by atoms with Crippen molar-refractivity contribution in [3.8, 4) is 0 Å². The predicted octanol–water partition coefficient (Wildman–Crippen LogP) is 3.55. The number of rotatable bonds is 5. The van der Waals surface area contributed by atoms with Gasteiger partial charge in [0.15, 0.2) is 22.3 Å². The van der Waals surface area contributed by atoms with Crippen molar-refractivity contribution in [3.05, 3.63) is 70.8 Å². The zero-order valence-electron chi connectivity index (χ0n) is 17.0. The SMILES string of the molecule is Cc1cc(C(F)(F)F)n2nc(C(=O)Nc3ccc(S(=O)(=O)Nc4ccc(Cl)nn4)cc3)cc2n1. The van der Waals surface area contributed by atoms with E-state index in [1.807, 2.05) is 0 Å². The van der Waals surface area contributed by atoms with Crippen LogP contribution in [0.2, 0.25) is 5.15 Å². The molecule has 3 heterocycles. The molecular weight excluding hydrogens is 499 g/mol. The Labute approximate surface area is 194 Å². The maximum absolute atomic E-state index is 13.3. The second kappa shape index (κ2) is 8.53. The molecule has 15 heteroatoms. The molecule has 0 radical (unpaired) electrons. The van der Waals surface area contributed by atoms with E-state index in [0.29, 0.717) is 4.52 Å². The predicted molar refractivity (Wildman–Crippen MR) is 115 cm³/mol. The standard InChI is InChI=1S/C19H13ClF3N7O3S/c1-10-8-14(19(21,22)23)30-17(24-10)9-13(28-30)18(31)25-11-2-4-12(5-3-11)34(32,33)29-16-7-6-15(20)26-27-16/h2-9H,1H3,(H,25,31)(H,27,29). The Kier molecular flexibility index (Phi) is 5.87. The molecule has 0 saturated heterocycles. The number of hydrogen-bond donors (Lipinski definition) is 2. The Bertz CT molecular complexity index is 1490. The van der Waals surface area contributed by atoms with Crippen LogP contribution in [0.1, 0.15) is 21.9 Å². The van der Waals surface area contributed by atoms with Gasteiger partial charge in [-0.15, -0.1) is 10.2 Å². The minimum atomic E-state index is -4.70. The number of amides is 1. The molecule has 0 bridgehead atoms. The Morgan fingerprint density at radius 2 is 1.76 bits per heavy atom. The number of carbonyl (C=O) groups excluding carboxylic acids is 1. The number of aryl methyl sites for hydroxylation is 1. The average molecular weight is 512 g/mol. The quantitative estimate of drug-likeness (QED) is 0.419. The molecule has 1 aromatic carbocycles. The number of carbonyl (C=O) groups is 1. The molecule has 1 amide bonds. The molecule has 0 aliphatic heterocycles. The van der Waals surface area contributed by atoms with E-state index < -0.39 is 27.8 Å². The largest absolute Gasteiger partial charge is 0.433 e. The Hall–Kier alpha value is -3.78. The van der Waals surface area contributed by atoms with Crippen molar-refractivity contribution in [2.45, 2.75) is 18.0 Å². The molecule has 0 spiro atoms. The number of aromatic nitrogens is 5. The molecule has 10 nitrogen and oxygen atoms in total. The number of halogens is 4. The summed E-state index contributed by atoms with van der Waals surface area (Å²) in [5, 5.41) is 13.4. The van der Waals surface area contributed by atoms with Gasteiger partial charge in [0, 0.05) is 17.4 Å². The number of anilines is 2. The molecule has 0 aliphatic rings. The molecule has 0 atom stereocenters. The van der Waals surface area contributed by atoms with Crippen LogP contribution in [0.5, 0.6) is 0 Å². The van der Waals surface area contributed by atoms with Gasteiger partial charge < -0.3 is 5.32 Å². The zero-order valence-corrected chi connectivity index (χ0v) is 18.6. The monoisotopic (exact) mass is 511 g/mol. The van der Waals surface area contributed by atoms with Gasteiger partial charge in [-0.25, -0.2) is 17.9 Å². The smallest absolute Gasteiger partial charge is 0.321 e. The summed E-state index contributed by atoms with van der Waals surface area (Å²) in [5.74, 6) is -0.850. The van der Waals surface area contributed by atoms with Gasteiger partial charge in [-0.3, -0.25) is 9.52 Å². The van der Waals surface area contributed by atoms with Crippen molar-refractivity contribution in [2.75, 3.05) is 10.0 Å². The minimum absolute atomic E-state index is 0.0456. The third kappa shape index (κ3) is 4.92. The summed E-state index contributed by atoms with van der Waals surface area (Å²) in [7, 11) is -4.00. The molecule has 2 N–H and O–H groups in total. The van der Waals surface area contributed by atoms with E-state index >= 15 is 0 Å². The normalized spacial score (nSPS) is 12.0. The van der Waals surface area contributed by atoms with Crippen molar-refractivity contribution >= 4 is 44.7 Å². The molecule has 0 unspecified atom stereocenters. The van der Waals surface area contributed by atoms with Crippen LogP contribution in [-0.4, -0.2) is 39.1 Å². The Balaban J connectivity index is 1.53. The highest BCUT2D eigenvalue weighted by Crippen LogP contribution is 2.30. The average Bonchev–Trinajstić information content (AvgIpc) is 3.18. The number of nitrogens with one attached hydrogen (secondary N) is 2. The highest BCUT2D eigenvalue weighted by Gasteiger charge is 2.35. The van der Waals surface area contributed by atoms with Gasteiger partial charge in [0.25, 0.3) is 15.9 Å². The molecule has 4 rings (SSSR count). The van der Waals surface area contributed by atoms with E-state index in [0.717, 1.165) is 12.1 Å². The first-order valence-corrected chi connectivity index (χ1v) is 11.2. The number of nitrogens with zero attached hydrogens (tertiary/aromatic N) is 5. The topological polar surface area (TPSA) is 131 Å². The highest BCUT2D eigenvalue weighted by atomic mass is 35.5. The Morgan fingerprint density at radius 1 is 1.06 bits per heavy atom. The van der Waals surface area contributed by atoms with Gasteiger partial charge in [-0.2, -0.15) is 18.3 Å². The van der Waals surface area contributed by atoms with Crippen molar-refractivity contribution in [2.24, 2.45) is 0 Å². The molecule has 34 heavy (non-hydrogen) atoms. The fraction of sp³-hybridized carbons (Fsp3) is 0.105.